The number of nitro groups is 1. The van der Waals surface area contributed by atoms with Gasteiger partial charge in [-0.05, 0) is 18.4 Å². The highest BCUT2D eigenvalue weighted by Gasteiger charge is 2.37. The number of nitro benzene ring substituents is 1. The van der Waals surface area contributed by atoms with Crippen molar-refractivity contribution in [3.63, 3.8) is 0 Å². The molecule has 0 aromatic heterocycles. The van der Waals surface area contributed by atoms with E-state index in [1.54, 1.807) is 0 Å². The molecule has 2 amide bonds. The number of benzene rings is 1. The molecule has 0 radical (unpaired) electrons. The number of hydrogen-bond donors (Lipinski definition) is 1. The minimum Gasteiger partial charge on any atom is -0.478 e. The number of carbonyl (C=O) groups excluding carboxylic acids is 2. The molecule has 0 bridgehead atoms. The topological polar surface area (TPSA) is 102 Å². The van der Waals surface area contributed by atoms with E-state index in [2.05, 4.69) is 5.32 Å². The minimum atomic E-state index is -0.779. The number of ether oxygens (including phenoxy) is 1. The van der Waals surface area contributed by atoms with Gasteiger partial charge >= 0.3 is 0 Å². The first kappa shape index (κ1) is 17.7. The molecule has 1 aromatic carbocycles. The summed E-state index contributed by atoms with van der Waals surface area (Å²) in [4.78, 5) is 36.4. The minimum absolute atomic E-state index is 0.124. The van der Waals surface area contributed by atoms with Gasteiger partial charge < -0.3 is 10.1 Å². The lowest BCUT2D eigenvalue weighted by atomic mass is 10.0. The molecule has 2 rings (SSSR count). The SMILES string of the molecule is CCCNC(=O)CN1C(=O)C(C(C)C)Oc2cc([N+](=O)[O-])ccc21. The van der Waals surface area contributed by atoms with Gasteiger partial charge in [0.2, 0.25) is 5.91 Å². The second-order valence-electron chi connectivity index (χ2n) is 5.97. The number of carbonyl (C=O) groups is 2. The Morgan fingerprint density at radius 1 is 1.46 bits per heavy atom. The fourth-order valence-electron chi connectivity index (χ4n) is 2.44. The van der Waals surface area contributed by atoms with Crippen molar-refractivity contribution in [3.8, 4) is 5.75 Å². The largest absolute Gasteiger partial charge is 0.478 e. The number of hydrogen-bond acceptors (Lipinski definition) is 5. The Balaban J connectivity index is 2.36. The van der Waals surface area contributed by atoms with Gasteiger partial charge in [0.15, 0.2) is 11.9 Å². The number of nitrogens with one attached hydrogen (secondary N) is 1. The van der Waals surface area contributed by atoms with Crippen LogP contribution in [0.2, 0.25) is 0 Å². The van der Waals surface area contributed by atoms with Crippen LogP contribution in [0.1, 0.15) is 27.2 Å². The molecule has 0 spiro atoms. The Bertz CT molecular complexity index is 659. The van der Waals surface area contributed by atoms with Crippen LogP contribution >= 0.6 is 0 Å². The lowest BCUT2D eigenvalue weighted by Gasteiger charge is -2.35. The Labute approximate surface area is 139 Å². The zero-order valence-electron chi connectivity index (χ0n) is 13.9. The van der Waals surface area contributed by atoms with Gasteiger partial charge in [0, 0.05) is 12.6 Å². The molecule has 1 heterocycles. The molecule has 0 saturated carbocycles. The van der Waals surface area contributed by atoms with E-state index in [-0.39, 0.29) is 35.7 Å². The van der Waals surface area contributed by atoms with E-state index in [4.69, 9.17) is 4.74 Å². The van der Waals surface area contributed by atoms with Crippen molar-refractivity contribution < 1.29 is 19.2 Å². The van der Waals surface area contributed by atoms with Gasteiger partial charge in [0.25, 0.3) is 11.6 Å². The number of rotatable bonds is 6. The van der Waals surface area contributed by atoms with E-state index in [0.717, 1.165) is 6.42 Å². The molecule has 24 heavy (non-hydrogen) atoms. The summed E-state index contributed by atoms with van der Waals surface area (Å²) in [7, 11) is 0. The molecule has 1 N–H and O–H groups in total. The van der Waals surface area contributed by atoms with Gasteiger partial charge in [0.05, 0.1) is 16.7 Å². The number of anilines is 1. The van der Waals surface area contributed by atoms with E-state index >= 15 is 0 Å². The summed E-state index contributed by atoms with van der Waals surface area (Å²) in [5.74, 6) is -0.492. The summed E-state index contributed by atoms with van der Waals surface area (Å²) in [5.41, 5.74) is 0.245. The van der Waals surface area contributed by atoms with Crippen LogP contribution in [0.3, 0.4) is 0 Å². The van der Waals surface area contributed by atoms with E-state index in [1.165, 1.54) is 23.1 Å². The molecule has 1 aromatic rings. The third-order valence-electron chi connectivity index (χ3n) is 3.69. The van der Waals surface area contributed by atoms with E-state index in [1.807, 2.05) is 20.8 Å². The van der Waals surface area contributed by atoms with Crippen molar-refractivity contribution in [2.45, 2.75) is 33.3 Å². The van der Waals surface area contributed by atoms with E-state index in [9.17, 15) is 19.7 Å². The summed E-state index contributed by atoms with van der Waals surface area (Å²) >= 11 is 0. The quantitative estimate of drug-likeness (QED) is 0.631. The van der Waals surface area contributed by atoms with Gasteiger partial charge in [-0.15, -0.1) is 0 Å². The molecule has 1 unspecified atom stereocenters. The lowest BCUT2D eigenvalue weighted by Crippen LogP contribution is -2.51. The molecule has 0 fully saturated rings. The van der Waals surface area contributed by atoms with Crippen molar-refractivity contribution in [1.29, 1.82) is 0 Å². The van der Waals surface area contributed by atoms with Crippen LogP contribution in [0, 0.1) is 16.0 Å². The third-order valence-corrected chi connectivity index (χ3v) is 3.69. The average molecular weight is 335 g/mol. The Kier molecular flexibility index (Phi) is 5.38. The van der Waals surface area contributed by atoms with Crippen molar-refractivity contribution in [2.75, 3.05) is 18.0 Å². The zero-order chi connectivity index (χ0) is 17.9. The Morgan fingerprint density at radius 3 is 2.75 bits per heavy atom. The maximum absolute atomic E-state index is 12.6. The highest BCUT2D eigenvalue weighted by molar-refractivity contribution is 6.04. The first-order valence-electron chi connectivity index (χ1n) is 7.88. The van der Waals surface area contributed by atoms with Crippen LogP contribution < -0.4 is 15.0 Å². The van der Waals surface area contributed by atoms with E-state index in [0.29, 0.717) is 12.2 Å². The van der Waals surface area contributed by atoms with Gasteiger partial charge in [0.1, 0.15) is 6.54 Å². The molecule has 1 aliphatic rings. The Hall–Kier alpha value is -2.64. The summed E-state index contributed by atoms with van der Waals surface area (Å²) in [6.45, 7) is 5.96. The van der Waals surface area contributed by atoms with Crippen LogP contribution in [0.15, 0.2) is 18.2 Å². The Morgan fingerprint density at radius 2 is 2.17 bits per heavy atom. The van der Waals surface area contributed by atoms with Crippen LogP contribution in [0.25, 0.3) is 0 Å². The predicted molar refractivity (Wildman–Crippen MR) is 88.0 cm³/mol. The fourth-order valence-corrected chi connectivity index (χ4v) is 2.44. The smallest absolute Gasteiger partial charge is 0.273 e. The van der Waals surface area contributed by atoms with Gasteiger partial charge in [-0.1, -0.05) is 20.8 Å². The molecular formula is C16H21N3O5. The molecule has 130 valence electrons. The molecule has 8 heteroatoms. The highest BCUT2D eigenvalue weighted by atomic mass is 16.6. The fraction of sp³-hybridized carbons (Fsp3) is 0.500. The van der Waals surface area contributed by atoms with Gasteiger partial charge in [-0.3, -0.25) is 24.6 Å². The van der Waals surface area contributed by atoms with Crippen molar-refractivity contribution in [2.24, 2.45) is 5.92 Å². The molecule has 1 aliphatic heterocycles. The van der Waals surface area contributed by atoms with Crippen molar-refractivity contribution >= 4 is 23.2 Å². The monoisotopic (exact) mass is 335 g/mol. The number of amides is 2. The van der Waals surface area contributed by atoms with Crippen LogP contribution in [-0.4, -0.2) is 35.9 Å². The van der Waals surface area contributed by atoms with Gasteiger partial charge in [-0.25, -0.2) is 0 Å². The standard InChI is InChI=1S/C16H21N3O5/c1-4-7-17-14(20)9-18-12-6-5-11(19(22)23)8-13(12)24-15(10(2)3)16(18)21/h5-6,8,10,15H,4,7,9H2,1-3H3,(H,17,20). The van der Waals surface area contributed by atoms with Crippen LogP contribution in [0.4, 0.5) is 11.4 Å². The number of fused-ring (bicyclic) bond motifs is 1. The summed E-state index contributed by atoms with van der Waals surface area (Å²) in [6.07, 6.45) is 0.0127. The number of nitrogens with zero attached hydrogens (tertiary/aromatic N) is 2. The first-order valence-corrected chi connectivity index (χ1v) is 7.88. The first-order chi connectivity index (χ1) is 11.3. The molecule has 1 atom stereocenters. The predicted octanol–water partition coefficient (Wildman–Crippen LogP) is 1.87. The third kappa shape index (κ3) is 3.64. The molecule has 8 nitrogen and oxygen atoms in total. The highest BCUT2D eigenvalue weighted by Crippen LogP contribution is 2.38. The lowest BCUT2D eigenvalue weighted by molar-refractivity contribution is -0.384. The van der Waals surface area contributed by atoms with Crippen LogP contribution in [0.5, 0.6) is 5.75 Å². The van der Waals surface area contributed by atoms with E-state index < -0.39 is 11.0 Å². The average Bonchev–Trinajstić information content (AvgIpc) is 2.54. The maximum Gasteiger partial charge on any atom is 0.273 e. The maximum atomic E-state index is 12.6. The summed E-state index contributed by atoms with van der Waals surface area (Å²) in [6, 6.07) is 4.02. The summed E-state index contributed by atoms with van der Waals surface area (Å²) in [5, 5.41) is 13.7. The van der Waals surface area contributed by atoms with Crippen molar-refractivity contribution in [3.05, 3.63) is 28.3 Å². The van der Waals surface area contributed by atoms with Gasteiger partial charge in [-0.2, -0.15) is 0 Å². The summed E-state index contributed by atoms with van der Waals surface area (Å²) < 4.78 is 5.66. The molecule has 0 aliphatic carbocycles. The zero-order valence-corrected chi connectivity index (χ0v) is 13.9. The second-order valence-corrected chi connectivity index (χ2v) is 5.97. The normalized spacial score (nSPS) is 16.6. The van der Waals surface area contributed by atoms with Crippen LogP contribution in [-0.2, 0) is 9.59 Å². The van der Waals surface area contributed by atoms with Crippen molar-refractivity contribution in [1.82, 2.24) is 5.32 Å². The number of non-ortho nitro benzene ring substituents is 1. The molecular weight excluding hydrogens is 314 g/mol. The second kappa shape index (κ2) is 7.29. The molecule has 0 saturated heterocycles.